The van der Waals surface area contributed by atoms with Gasteiger partial charge in [0, 0.05) is 13.6 Å². The van der Waals surface area contributed by atoms with Gasteiger partial charge in [0.05, 0.1) is 19.1 Å². The highest BCUT2D eigenvalue weighted by atomic mass is 16.3. The molecule has 0 aromatic carbocycles. The molecule has 5 nitrogen and oxygen atoms in total. The van der Waals surface area contributed by atoms with Crippen LogP contribution in [0.5, 0.6) is 0 Å². The molecule has 0 spiro atoms. The van der Waals surface area contributed by atoms with Crippen LogP contribution in [0.1, 0.15) is 6.42 Å². The topological polar surface area (TPSA) is 69.6 Å². The maximum Gasteiger partial charge on any atom is 0.246 e. The van der Waals surface area contributed by atoms with Crippen molar-refractivity contribution in [3.8, 4) is 0 Å². The van der Waals surface area contributed by atoms with Gasteiger partial charge in [-0.05, 0) is 0 Å². The largest absolute Gasteiger partial charge is 0.395 e. The molecule has 1 rings (SSSR count). The number of carbonyl (C=O) groups is 2. The van der Waals surface area contributed by atoms with Crippen LogP contribution in [0, 0.1) is 0 Å². The molecule has 1 aliphatic rings. The fraction of sp³-hybridized carbons (Fsp3) is 0.714. The summed E-state index contributed by atoms with van der Waals surface area (Å²) in [5.41, 5.74) is 0. The summed E-state index contributed by atoms with van der Waals surface area (Å²) in [4.78, 5) is 23.2. The smallest absolute Gasteiger partial charge is 0.246 e. The van der Waals surface area contributed by atoms with E-state index in [2.05, 4.69) is 5.32 Å². The van der Waals surface area contributed by atoms with Gasteiger partial charge in [-0.1, -0.05) is 0 Å². The fourth-order valence-corrected chi connectivity index (χ4v) is 1.15. The van der Waals surface area contributed by atoms with Crippen molar-refractivity contribution < 1.29 is 14.7 Å². The number of carbonyl (C=O) groups excluding carboxylic acids is 2. The highest BCUT2D eigenvalue weighted by Crippen LogP contribution is 2.09. The maximum absolute atomic E-state index is 11.2. The number of aliphatic hydroxyl groups excluding tert-OH is 1. The first-order valence-electron chi connectivity index (χ1n) is 3.81. The lowest BCUT2D eigenvalue weighted by Crippen LogP contribution is -2.38. The van der Waals surface area contributed by atoms with Crippen LogP contribution in [0.2, 0.25) is 0 Å². The van der Waals surface area contributed by atoms with Gasteiger partial charge in [-0.2, -0.15) is 0 Å². The maximum atomic E-state index is 11.2. The Morgan fingerprint density at radius 3 is 2.75 bits per heavy atom. The zero-order valence-electron chi connectivity index (χ0n) is 6.91. The first kappa shape index (κ1) is 9.15. The molecule has 2 amide bonds. The Balaban J connectivity index is 2.47. The summed E-state index contributed by atoms with van der Waals surface area (Å²) in [5, 5.41) is 11.3. The Kier molecular flexibility index (Phi) is 2.78. The van der Waals surface area contributed by atoms with E-state index in [1.165, 1.54) is 7.05 Å². The van der Waals surface area contributed by atoms with E-state index < -0.39 is 6.04 Å². The standard InChI is InChI=1S/C7H12N2O3/c1-9-6(11)4-5(7(9)12)8-2-3-10/h5,8,10H,2-4H2,1H3. The molecule has 0 bridgehead atoms. The van der Waals surface area contributed by atoms with Crippen LogP contribution >= 0.6 is 0 Å². The van der Waals surface area contributed by atoms with Crippen LogP contribution in [0.3, 0.4) is 0 Å². The molecule has 0 aromatic rings. The molecule has 1 unspecified atom stereocenters. The number of hydrogen-bond acceptors (Lipinski definition) is 4. The van der Waals surface area contributed by atoms with Gasteiger partial charge >= 0.3 is 0 Å². The minimum atomic E-state index is -0.436. The van der Waals surface area contributed by atoms with E-state index in [9.17, 15) is 9.59 Å². The molecule has 1 atom stereocenters. The highest BCUT2D eigenvalue weighted by Gasteiger charge is 2.35. The first-order valence-corrected chi connectivity index (χ1v) is 3.81. The van der Waals surface area contributed by atoms with E-state index in [1.54, 1.807) is 0 Å². The number of hydrogen-bond donors (Lipinski definition) is 2. The molecule has 0 saturated carbocycles. The molecule has 5 heteroatoms. The van der Waals surface area contributed by atoms with Crippen LogP contribution < -0.4 is 5.32 Å². The fourth-order valence-electron chi connectivity index (χ4n) is 1.15. The predicted molar refractivity (Wildman–Crippen MR) is 41.3 cm³/mol. The van der Waals surface area contributed by atoms with Crippen molar-refractivity contribution in [2.24, 2.45) is 0 Å². The van der Waals surface area contributed by atoms with Crippen LogP contribution in [-0.2, 0) is 9.59 Å². The van der Waals surface area contributed by atoms with E-state index in [1.807, 2.05) is 0 Å². The molecule has 68 valence electrons. The number of imide groups is 1. The monoisotopic (exact) mass is 172 g/mol. The Morgan fingerprint density at radius 1 is 1.67 bits per heavy atom. The van der Waals surface area contributed by atoms with Crippen LogP contribution in [0.4, 0.5) is 0 Å². The van der Waals surface area contributed by atoms with Crippen molar-refractivity contribution in [2.75, 3.05) is 20.2 Å². The molecule has 1 fully saturated rings. The molecule has 1 saturated heterocycles. The van der Waals surface area contributed by atoms with E-state index in [-0.39, 0.29) is 24.8 Å². The van der Waals surface area contributed by atoms with Crippen molar-refractivity contribution in [3.05, 3.63) is 0 Å². The number of nitrogens with one attached hydrogen (secondary N) is 1. The summed E-state index contributed by atoms with van der Waals surface area (Å²) in [6, 6.07) is -0.436. The molecule has 0 radical (unpaired) electrons. The van der Waals surface area contributed by atoms with Gasteiger partial charge in [0.1, 0.15) is 0 Å². The second kappa shape index (κ2) is 3.64. The Hall–Kier alpha value is -0.940. The number of likely N-dealkylation sites (N-methyl/N-ethyl adjacent to an activating group) is 1. The minimum Gasteiger partial charge on any atom is -0.395 e. The third-order valence-electron chi connectivity index (χ3n) is 1.88. The Morgan fingerprint density at radius 2 is 2.33 bits per heavy atom. The van der Waals surface area contributed by atoms with Gasteiger partial charge < -0.3 is 10.4 Å². The van der Waals surface area contributed by atoms with Crippen LogP contribution in [0.15, 0.2) is 0 Å². The van der Waals surface area contributed by atoms with E-state index in [0.29, 0.717) is 6.54 Å². The molecule has 0 aromatic heterocycles. The van der Waals surface area contributed by atoms with Gasteiger partial charge in [-0.3, -0.25) is 14.5 Å². The molecule has 0 aliphatic carbocycles. The minimum absolute atomic E-state index is 0.0261. The average molecular weight is 172 g/mol. The zero-order chi connectivity index (χ0) is 9.14. The number of nitrogens with zero attached hydrogens (tertiary/aromatic N) is 1. The zero-order valence-corrected chi connectivity index (χ0v) is 6.91. The summed E-state index contributed by atoms with van der Waals surface area (Å²) in [5.74, 6) is -0.385. The molecule has 1 heterocycles. The summed E-state index contributed by atoms with van der Waals surface area (Å²) in [6.45, 7) is 0.319. The molecular formula is C7H12N2O3. The lowest BCUT2D eigenvalue weighted by molar-refractivity contribution is -0.137. The molecule has 2 N–H and O–H groups in total. The second-order valence-electron chi connectivity index (χ2n) is 2.73. The second-order valence-corrected chi connectivity index (χ2v) is 2.73. The van der Waals surface area contributed by atoms with Gasteiger partial charge in [-0.25, -0.2) is 0 Å². The van der Waals surface area contributed by atoms with Crippen molar-refractivity contribution in [2.45, 2.75) is 12.5 Å². The molecule has 1 aliphatic heterocycles. The van der Waals surface area contributed by atoms with Crippen molar-refractivity contribution in [1.29, 1.82) is 0 Å². The van der Waals surface area contributed by atoms with E-state index in [0.717, 1.165) is 4.90 Å². The highest BCUT2D eigenvalue weighted by molar-refractivity contribution is 6.05. The lowest BCUT2D eigenvalue weighted by Gasteiger charge is -2.08. The molecule has 12 heavy (non-hydrogen) atoms. The van der Waals surface area contributed by atoms with Crippen LogP contribution in [-0.4, -0.2) is 48.1 Å². The van der Waals surface area contributed by atoms with E-state index in [4.69, 9.17) is 5.11 Å². The number of likely N-dealkylation sites (tertiary alicyclic amines) is 1. The van der Waals surface area contributed by atoms with Crippen molar-refractivity contribution in [1.82, 2.24) is 10.2 Å². The van der Waals surface area contributed by atoms with Gasteiger partial charge in [0.25, 0.3) is 0 Å². The van der Waals surface area contributed by atoms with E-state index >= 15 is 0 Å². The number of amides is 2. The Bertz CT molecular complexity index is 205. The van der Waals surface area contributed by atoms with Crippen molar-refractivity contribution >= 4 is 11.8 Å². The third-order valence-corrected chi connectivity index (χ3v) is 1.88. The number of rotatable bonds is 3. The summed E-state index contributed by atoms with van der Waals surface area (Å²) >= 11 is 0. The van der Waals surface area contributed by atoms with Gasteiger partial charge in [0.2, 0.25) is 11.8 Å². The van der Waals surface area contributed by atoms with Gasteiger partial charge in [-0.15, -0.1) is 0 Å². The predicted octanol–water partition coefficient (Wildman–Crippen LogP) is -1.67. The summed E-state index contributed by atoms with van der Waals surface area (Å²) in [7, 11) is 1.46. The summed E-state index contributed by atoms with van der Waals surface area (Å²) in [6.07, 6.45) is 0.204. The Labute approximate surface area is 70.4 Å². The number of aliphatic hydroxyl groups is 1. The third kappa shape index (κ3) is 1.62. The lowest BCUT2D eigenvalue weighted by atomic mass is 10.2. The summed E-state index contributed by atoms with van der Waals surface area (Å²) < 4.78 is 0. The normalized spacial score (nSPS) is 23.8. The first-order chi connectivity index (χ1) is 5.66. The van der Waals surface area contributed by atoms with Crippen molar-refractivity contribution in [3.63, 3.8) is 0 Å². The molecular weight excluding hydrogens is 160 g/mol. The quantitative estimate of drug-likeness (QED) is 0.499. The van der Waals surface area contributed by atoms with Crippen LogP contribution in [0.25, 0.3) is 0 Å². The average Bonchev–Trinajstić information content (AvgIpc) is 2.30. The SMILES string of the molecule is CN1C(=O)CC(NCCO)C1=O. The van der Waals surface area contributed by atoms with Gasteiger partial charge in [0.15, 0.2) is 0 Å².